The number of nitrogen functional groups attached to an aromatic ring is 1. The van der Waals surface area contributed by atoms with Crippen molar-refractivity contribution in [1.82, 2.24) is 15.0 Å². The average Bonchev–Trinajstić information content (AvgIpc) is 2.37. The Kier molecular flexibility index (Phi) is 5.39. The molecule has 0 spiro atoms. The van der Waals surface area contributed by atoms with Gasteiger partial charge in [-0.25, -0.2) is 14.6 Å². The van der Waals surface area contributed by atoms with Gasteiger partial charge in [-0.3, -0.25) is 5.43 Å². The maximum atomic E-state index is 12.4. The van der Waals surface area contributed by atoms with E-state index in [1.807, 2.05) is 0 Å². The third-order valence-electron chi connectivity index (χ3n) is 1.93. The molecular weight excluding hydrogens is 250 g/mol. The maximum absolute atomic E-state index is 12.4. The van der Waals surface area contributed by atoms with Gasteiger partial charge < -0.3 is 14.7 Å². The SMILES string of the molecule is COc1nc(NN)nc(N(CCO)CC(F)F)n1. The number of hydrogen-bond acceptors (Lipinski definition) is 8. The Morgan fingerprint density at radius 3 is 2.67 bits per heavy atom. The lowest BCUT2D eigenvalue weighted by molar-refractivity contribution is 0.152. The Hall–Kier alpha value is -1.81. The molecule has 0 aliphatic heterocycles. The van der Waals surface area contributed by atoms with Gasteiger partial charge in [-0.2, -0.15) is 15.0 Å². The predicted molar refractivity (Wildman–Crippen MR) is 59.5 cm³/mol. The Bertz CT molecular complexity index is 358. The first-order valence-corrected chi connectivity index (χ1v) is 5.01. The molecule has 0 aliphatic carbocycles. The van der Waals surface area contributed by atoms with Crippen LogP contribution < -0.4 is 20.9 Å². The minimum Gasteiger partial charge on any atom is -0.467 e. The first-order valence-electron chi connectivity index (χ1n) is 5.01. The van der Waals surface area contributed by atoms with Crippen LogP contribution in [0.3, 0.4) is 0 Å². The van der Waals surface area contributed by atoms with Crippen LogP contribution in [0.4, 0.5) is 20.7 Å². The van der Waals surface area contributed by atoms with Gasteiger partial charge in [0.1, 0.15) is 0 Å². The Morgan fingerprint density at radius 1 is 1.44 bits per heavy atom. The van der Waals surface area contributed by atoms with Crippen molar-refractivity contribution in [3.63, 3.8) is 0 Å². The Labute approximate surface area is 102 Å². The first-order chi connectivity index (χ1) is 8.60. The quantitative estimate of drug-likeness (QED) is 0.435. The number of aliphatic hydroxyl groups is 1. The highest BCUT2D eigenvalue weighted by atomic mass is 19.3. The lowest BCUT2D eigenvalue weighted by Crippen LogP contribution is -2.33. The Morgan fingerprint density at radius 2 is 2.17 bits per heavy atom. The van der Waals surface area contributed by atoms with E-state index in [1.54, 1.807) is 0 Å². The van der Waals surface area contributed by atoms with E-state index in [1.165, 1.54) is 7.11 Å². The summed E-state index contributed by atoms with van der Waals surface area (Å²) in [6.45, 7) is -0.967. The van der Waals surface area contributed by atoms with E-state index in [0.29, 0.717) is 0 Å². The highest BCUT2D eigenvalue weighted by Gasteiger charge is 2.17. The molecule has 8 nitrogen and oxygen atoms in total. The lowest BCUT2D eigenvalue weighted by atomic mass is 10.5. The summed E-state index contributed by atoms with van der Waals surface area (Å²) in [5, 5.41) is 8.83. The second kappa shape index (κ2) is 6.81. The molecule has 1 aromatic rings. The van der Waals surface area contributed by atoms with Crippen LogP contribution in [0, 0.1) is 0 Å². The van der Waals surface area contributed by atoms with Gasteiger partial charge in [0.2, 0.25) is 11.9 Å². The molecule has 4 N–H and O–H groups in total. The molecule has 0 amide bonds. The fourth-order valence-corrected chi connectivity index (χ4v) is 1.20. The van der Waals surface area contributed by atoms with Crippen LogP contribution in [0.1, 0.15) is 0 Å². The van der Waals surface area contributed by atoms with E-state index in [9.17, 15) is 8.78 Å². The number of hydrogen-bond donors (Lipinski definition) is 3. The van der Waals surface area contributed by atoms with E-state index >= 15 is 0 Å². The monoisotopic (exact) mass is 264 g/mol. The van der Waals surface area contributed by atoms with Crippen LogP contribution in [0.2, 0.25) is 0 Å². The first kappa shape index (κ1) is 14.3. The normalized spacial score (nSPS) is 10.6. The van der Waals surface area contributed by atoms with Gasteiger partial charge in [0.25, 0.3) is 6.43 Å². The van der Waals surface area contributed by atoms with Gasteiger partial charge in [0.15, 0.2) is 0 Å². The summed E-state index contributed by atoms with van der Waals surface area (Å²) in [7, 11) is 1.32. The molecule has 1 heterocycles. The molecule has 1 rings (SSSR count). The predicted octanol–water partition coefficient (Wildman–Crippen LogP) is -0.770. The van der Waals surface area contributed by atoms with Crippen LogP contribution >= 0.6 is 0 Å². The van der Waals surface area contributed by atoms with E-state index < -0.39 is 13.0 Å². The number of halogens is 2. The van der Waals surface area contributed by atoms with Crippen molar-refractivity contribution in [2.45, 2.75) is 6.43 Å². The number of ether oxygens (including phenoxy) is 1. The summed E-state index contributed by atoms with van der Waals surface area (Å²) in [5.41, 5.74) is 2.17. The molecule has 0 aromatic carbocycles. The number of methoxy groups -OCH3 is 1. The van der Waals surface area contributed by atoms with Gasteiger partial charge >= 0.3 is 6.01 Å². The van der Waals surface area contributed by atoms with Crippen molar-refractivity contribution in [2.24, 2.45) is 5.84 Å². The van der Waals surface area contributed by atoms with Crippen molar-refractivity contribution in [3.05, 3.63) is 0 Å². The standard InChI is InChI=1S/C8H14F2N6O2/c1-18-8-13-6(15-11)12-7(14-8)16(2-3-17)4-5(9)10/h5,17H,2-4,11H2,1H3,(H,12,13,14,15). The van der Waals surface area contributed by atoms with Crippen molar-refractivity contribution in [3.8, 4) is 6.01 Å². The molecule has 0 atom stereocenters. The number of aliphatic hydroxyl groups excluding tert-OH is 1. The number of aromatic nitrogens is 3. The van der Waals surface area contributed by atoms with E-state index in [4.69, 9.17) is 15.7 Å². The van der Waals surface area contributed by atoms with Crippen molar-refractivity contribution in [2.75, 3.05) is 37.1 Å². The number of nitrogens with two attached hydrogens (primary N) is 1. The molecule has 18 heavy (non-hydrogen) atoms. The molecule has 0 unspecified atom stereocenters. The molecule has 0 saturated heterocycles. The van der Waals surface area contributed by atoms with E-state index in [0.717, 1.165) is 4.90 Å². The fraction of sp³-hybridized carbons (Fsp3) is 0.625. The molecule has 0 fully saturated rings. The number of anilines is 2. The van der Waals surface area contributed by atoms with Gasteiger partial charge in [-0.05, 0) is 0 Å². The summed E-state index contributed by atoms with van der Waals surface area (Å²) >= 11 is 0. The highest BCUT2D eigenvalue weighted by Crippen LogP contribution is 2.15. The largest absolute Gasteiger partial charge is 0.467 e. The Balaban J connectivity index is 3.01. The summed E-state index contributed by atoms with van der Waals surface area (Å²) in [6.07, 6.45) is -2.59. The molecule has 102 valence electrons. The average molecular weight is 264 g/mol. The van der Waals surface area contributed by atoms with Gasteiger partial charge in [0.05, 0.1) is 20.3 Å². The van der Waals surface area contributed by atoms with E-state index in [2.05, 4.69) is 20.4 Å². The fourth-order valence-electron chi connectivity index (χ4n) is 1.20. The van der Waals surface area contributed by atoms with Crippen LogP contribution in [0.15, 0.2) is 0 Å². The van der Waals surface area contributed by atoms with Crippen molar-refractivity contribution < 1.29 is 18.6 Å². The molecular formula is C8H14F2N6O2. The molecule has 10 heteroatoms. The number of nitrogens with zero attached hydrogens (tertiary/aromatic N) is 4. The third-order valence-corrected chi connectivity index (χ3v) is 1.93. The second-order valence-electron chi connectivity index (χ2n) is 3.15. The second-order valence-corrected chi connectivity index (χ2v) is 3.15. The van der Waals surface area contributed by atoms with Gasteiger partial charge in [-0.1, -0.05) is 0 Å². The minimum absolute atomic E-state index is 0.0194. The maximum Gasteiger partial charge on any atom is 0.322 e. The van der Waals surface area contributed by atoms with Gasteiger partial charge in [-0.15, -0.1) is 0 Å². The molecule has 0 bridgehead atoms. The summed E-state index contributed by atoms with van der Waals surface area (Å²) in [6, 6.07) is -0.0647. The summed E-state index contributed by atoms with van der Waals surface area (Å²) < 4.78 is 29.6. The van der Waals surface area contributed by atoms with Crippen LogP contribution in [0.25, 0.3) is 0 Å². The lowest BCUT2D eigenvalue weighted by Gasteiger charge is -2.21. The molecule has 0 radical (unpaired) electrons. The zero-order chi connectivity index (χ0) is 13.5. The van der Waals surface area contributed by atoms with Gasteiger partial charge in [0, 0.05) is 6.54 Å². The topological polar surface area (TPSA) is 109 Å². The number of rotatable bonds is 7. The summed E-state index contributed by atoms with van der Waals surface area (Å²) in [5.74, 6) is 5.07. The third kappa shape index (κ3) is 3.89. The zero-order valence-electron chi connectivity index (χ0n) is 9.68. The van der Waals surface area contributed by atoms with Crippen molar-refractivity contribution in [1.29, 1.82) is 0 Å². The zero-order valence-corrected chi connectivity index (χ0v) is 9.68. The van der Waals surface area contributed by atoms with Crippen LogP contribution in [0.5, 0.6) is 6.01 Å². The number of hydrazine groups is 1. The molecule has 0 saturated carbocycles. The van der Waals surface area contributed by atoms with Crippen molar-refractivity contribution >= 4 is 11.9 Å². The molecule has 0 aliphatic rings. The van der Waals surface area contributed by atoms with Crippen LogP contribution in [-0.2, 0) is 0 Å². The number of alkyl halides is 2. The van der Waals surface area contributed by atoms with E-state index in [-0.39, 0.29) is 31.1 Å². The van der Waals surface area contributed by atoms with Crippen LogP contribution in [-0.4, -0.2) is 53.3 Å². The minimum atomic E-state index is -2.59. The highest BCUT2D eigenvalue weighted by molar-refractivity contribution is 5.37. The summed E-state index contributed by atoms with van der Waals surface area (Å²) in [4.78, 5) is 12.5. The molecule has 1 aromatic heterocycles. The smallest absolute Gasteiger partial charge is 0.322 e. The number of nitrogens with one attached hydrogen (secondary N) is 1.